The fourth-order valence-electron chi connectivity index (χ4n) is 1.30. The zero-order valence-corrected chi connectivity index (χ0v) is 12.2. The Morgan fingerprint density at radius 2 is 1.69 bits per heavy atom. The number of alkyl halides is 1. The van der Waals surface area contributed by atoms with Crippen molar-refractivity contribution in [2.24, 2.45) is 0 Å². The van der Waals surface area contributed by atoms with E-state index in [-0.39, 0.29) is 0 Å². The molecule has 0 spiro atoms. The van der Waals surface area contributed by atoms with Crippen molar-refractivity contribution in [2.75, 3.05) is 0 Å². The van der Waals surface area contributed by atoms with Gasteiger partial charge >= 0.3 is 0 Å². The third-order valence-electron chi connectivity index (χ3n) is 2.14. The summed E-state index contributed by atoms with van der Waals surface area (Å²) in [5.74, 6) is 0.577. The Labute approximate surface area is 119 Å². The molecular formula is C13H10ClIS. The second-order valence-electron chi connectivity index (χ2n) is 3.31. The second-order valence-corrected chi connectivity index (χ2v) is 5.85. The fourth-order valence-corrected chi connectivity index (χ4v) is 3.04. The van der Waals surface area contributed by atoms with Crippen LogP contribution in [0.15, 0.2) is 58.3 Å². The van der Waals surface area contributed by atoms with Crippen molar-refractivity contribution in [3.05, 3.63) is 57.7 Å². The maximum absolute atomic E-state index is 5.76. The molecule has 0 nitrogen and oxygen atoms in total. The molecule has 2 aromatic rings. The van der Waals surface area contributed by atoms with Gasteiger partial charge in [0.05, 0.1) is 0 Å². The highest BCUT2D eigenvalue weighted by molar-refractivity contribution is 14.1. The van der Waals surface area contributed by atoms with Crippen molar-refractivity contribution in [3.8, 4) is 0 Å². The topological polar surface area (TPSA) is 0 Å². The van der Waals surface area contributed by atoms with E-state index in [9.17, 15) is 0 Å². The molecule has 0 heterocycles. The molecule has 0 radical (unpaired) electrons. The average Bonchev–Trinajstić information content (AvgIpc) is 2.33. The smallest absolute Gasteiger partial charge is 0.0474 e. The Morgan fingerprint density at radius 1 is 1.00 bits per heavy atom. The quantitative estimate of drug-likeness (QED) is 0.537. The van der Waals surface area contributed by atoms with E-state index < -0.39 is 0 Å². The van der Waals surface area contributed by atoms with Crippen LogP contribution in [-0.4, -0.2) is 0 Å². The van der Waals surface area contributed by atoms with Crippen LogP contribution < -0.4 is 0 Å². The van der Waals surface area contributed by atoms with Crippen LogP contribution in [0.25, 0.3) is 0 Å². The highest BCUT2D eigenvalue weighted by Crippen LogP contribution is 2.31. The van der Waals surface area contributed by atoms with Crippen LogP contribution in [0.3, 0.4) is 0 Å². The number of benzene rings is 2. The van der Waals surface area contributed by atoms with Gasteiger partial charge in [0, 0.05) is 19.2 Å². The van der Waals surface area contributed by atoms with E-state index in [1.54, 1.807) is 11.8 Å². The standard InChI is InChI=1S/C13H10ClIS/c14-9-10-5-7-11(8-6-10)16-13-4-2-1-3-12(13)15/h1-8H,9H2. The molecule has 0 aliphatic heterocycles. The lowest BCUT2D eigenvalue weighted by molar-refractivity contribution is 1.32. The van der Waals surface area contributed by atoms with Gasteiger partial charge in [0.15, 0.2) is 0 Å². The summed E-state index contributed by atoms with van der Waals surface area (Å²) in [5, 5.41) is 0. The lowest BCUT2D eigenvalue weighted by Crippen LogP contribution is -1.80. The monoisotopic (exact) mass is 360 g/mol. The molecular weight excluding hydrogens is 351 g/mol. The average molecular weight is 361 g/mol. The Hall–Kier alpha value is -0.190. The van der Waals surface area contributed by atoms with Crippen molar-refractivity contribution in [1.29, 1.82) is 0 Å². The van der Waals surface area contributed by atoms with Gasteiger partial charge in [-0.2, -0.15) is 0 Å². The van der Waals surface area contributed by atoms with Crippen LogP contribution in [0.2, 0.25) is 0 Å². The number of hydrogen-bond donors (Lipinski definition) is 0. The number of halogens is 2. The molecule has 2 aromatic carbocycles. The molecule has 0 aromatic heterocycles. The van der Waals surface area contributed by atoms with Crippen molar-refractivity contribution < 1.29 is 0 Å². The molecule has 82 valence electrons. The van der Waals surface area contributed by atoms with Gasteiger partial charge in [-0.05, 0) is 52.4 Å². The zero-order valence-electron chi connectivity index (χ0n) is 8.49. The lowest BCUT2D eigenvalue weighted by Gasteiger charge is -2.04. The summed E-state index contributed by atoms with van der Waals surface area (Å²) in [5.41, 5.74) is 1.16. The first-order valence-electron chi connectivity index (χ1n) is 4.87. The first-order valence-corrected chi connectivity index (χ1v) is 7.30. The molecule has 0 atom stereocenters. The Balaban J connectivity index is 2.18. The molecule has 0 unspecified atom stereocenters. The number of rotatable bonds is 3. The third kappa shape index (κ3) is 3.15. The van der Waals surface area contributed by atoms with Gasteiger partial charge in [0.25, 0.3) is 0 Å². The van der Waals surface area contributed by atoms with Crippen LogP contribution in [0.5, 0.6) is 0 Å². The minimum Gasteiger partial charge on any atom is -0.122 e. The van der Waals surface area contributed by atoms with Gasteiger partial charge in [0.2, 0.25) is 0 Å². The SMILES string of the molecule is ClCc1ccc(Sc2ccccc2I)cc1. The number of hydrogen-bond acceptors (Lipinski definition) is 1. The normalized spacial score (nSPS) is 10.4. The van der Waals surface area contributed by atoms with Gasteiger partial charge in [-0.25, -0.2) is 0 Å². The summed E-state index contributed by atoms with van der Waals surface area (Å²) in [6.45, 7) is 0. The van der Waals surface area contributed by atoms with E-state index in [1.807, 2.05) is 0 Å². The maximum atomic E-state index is 5.76. The van der Waals surface area contributed by atoms with E-state index in [0.717, 1.165) is 5.56 Å². The van der Waals surface area contributed by atoms with E-state index in [0.29, 0.717) is 5.88 Å². The summed E-state index contributed by atoms with van der Waals surface area (Å²) in [7, 11) is 0. The van der Waals surface area contributed by atoms with Crippen LogP contribution in [0.4, 0.5) is 0 Å². The molecule has 0 fully saturated rings. The molecule has 0 bridgehead atoms. The molecule has 16 heavy (non-hydrogen) atoms. The summed E-state index contributed by atoms with van der Waals surface area (Å²) in [6.07, 6.45) is 0. The van der Waals surface area contributed by atoms with Gasteiger partial charge in [-0.15, -0.1) is 11.6 Å². The van der Waals surface area contributed by atoms with Crippen LogP contribution in [0.1, 0.15) is 5.56 Å². The molecule has 0 N–H and O–H groups in total. The van der Waals surface area contributed by atoms with Gasteiger partial charge < -0.3 is 0 Å². The first kappa shape index (κ1) is 12.3. The summed E-state index contributed by atoms with van der Waals surface area (Å²) < 4.78 is 1.28. The predicted molar refractivity (Wildman–Crippen MR) is 79.3 cm³/mol. The van der Waals surface area contributed by atoms with Gasteiger partial charge in [-0.1, -0.05) is 36.0 Å². The Morgan fingerprint density at radius 3 is 2.31 bits per heavy atom. The first-order chi connectivity index (χ1) is 7.79. The van der Waals surface area contributed by atoms with Crippen LogP contribution in [0, 0.1) is 3.57 Å². The van der Waals surface area contributed by atoms with Gasteiger partial charge in [0.1, 0.15) is 0 Å². The van der Waals surface area contributed by atoms with Crippen molar-refractivity contribution in [1.82, 2.24) is 0 Å². The highest BCUT2D eigenvalue weighted by atomic mass is 127. The second kappa shape index (κ2) is 5.94. The summed E-state index contributed by atoms with van der Waals surface area (Å²) >= 11 is 9.90. The molecule has 0 saturated heterocycles. The molecule has 0 aliphatic rings. The largest absolute Gasteiger partial charge is 0.122 e. The zero-order chi connectivity index (χ0) is 11.4. The molecule has 3 heteroatoms. The van der Waals surface area contributed by atoms with E-state index in [4.69, 9.17) is 11.6 Å². The molecule has 0 aliphatic carbocycles. The minimum absolute atomic E-state index is 0.577. The predicted octanol–water partition coefficient (Wildman–Crippen LogP) is 5.18. The lowest BCUT2D eigenvalue weighted by atomic mass is 10.2. The molecule has 0 amide bonds. The highest BCUT2D eigenvalue weighted by Gasteiger charge is 2.01. The summed E-state index contributed by atoms with van der Waals surface area (Å²) in [6, 6.07) is 16.8. The van der Waals surface area contributed by atoms with E-state index in [1.165, 1.54) is 13.4 Å². The van der Waals surface area contributed by atoms with Crippen LogP contribution in [-0.2, 0) is 5.88 Å². The van der Waals surface area contributed by atoms with Gasteiger partial charge in [-0.3, -0.25) is 0 Å². The minimum atomic E-state index is 0.577. The fraction of sp³-hybridized carbons (Fsp3) is 0.0769. The maximum Gasteiger partial charge on any atom is 0.0474 e. The summed E-state index contributed by atoms with van der Waals surface area (Å²) in [4.78, 5) is 2.54. The molecule has 0 saturated carbocycles. The third-order valence-corrected chi connectivity index (χ3v) is 4.84. The van der Waals surface area contributed by atoms with Crippen molar-refractivity contribution in [3.63, 3.8) is 0 Å². The van der Waals surface area contributed by atoms with E-state index in [2.05, 4.69) is 71.1 Å². The van der Waals surface area contributed by atoms with Crippen molar-refractivity contribution >= 4 is 46.0 Å². The van der Waals surface area contributed by atoms with Crippen LogP contribution >= 0.6 is 46.0 Å². The van der Waals surface area contributed by atoms with Crippen molar-refractivity contribution in [2.45, 2.75) is 15.7 Å². The van der Waals surface area contributed by atoms with E-state index >= 15 is 0 Å². The molecule has 2 rings (SSSR count). The Bertz CT molecular complexity index is 468. The Kier molecular flexibility index (Phi) is 4.55.